The summed E-state index contributed by atoms with van der Waals surface area (Å²) >= 11 is 7.17. The van der Waals surface area contributed by atoms with Gasteiger partial charge in [-0.1, -0.05) is 41.7 Å². The molecule has 4 aromatic rings. The van der Waals surface area contributed by atoms with E-state index in [4.69, 9.17) is 30.2 Å². The van der Waals surface area contributed by atoms with Crippen LogP contribution >= 0.6 is 22.9 Å². The molecule has 0 bridgehead atoms. The summed E-state index contributed by atoms with van der Waals surface area (Å²) in [7, 11) is 1.43. The Balaban J connectivity index is 1.64. The quantitative estimate of drug-likeness (QED) is 0.161. The maximum atomic E-state index is 13.9. The second kappa shape index (κ2) is 12.1. The second-order valence-corrected chi connectivity index (χ2v) is 10.6. The summed E-state index contributed by atoms with van der Waals surface area (Å²) in [5.74, 6) is 0.380. The zero-order chi connectivity index (χ0) is 30.0. The molecule has 3 heterocycles. The Bertz CT molecular complexity index is 1920. The number of aromatic nitrogens is 1. The first-order chi connectivity index (χ1) is 20.2. The van der Waals surface area contributed by atoms with Crippen molar-refractivity contribution < 1.29 is 28.2 Å². The summed E-state index contributed by atoms with van der Waals surface area (Å²) in [4.78, 5) is 43.7. The van der Waals surface area contributed by atoms with E-state index in [-0.39, 0.29) is 29.2 Å². The molecule has 11 heteroatoms. The van der Waals surface area contributed by atoms with Crippen molar-refractivity contribution in [2.45, 2.75) is 19.9 Å². The van der Waals surface area contributed by atoms with E-state index in [1.54, 1.807) is 49.4 Å². The van der Waals surface area contributed by atoms with Gasteiger partial charge in [0.2, 0.25) is 0 Å². The monoisotopic (exact) mass is 604 g/mol. The van der Waals surface area contributed by atoms with Crippen LogP contribution in [0.1, 0.15) is 31.2 Å². The number of halogens is 1. The van der Waals surface area contributed by atoms with E-state index in [1.807, 2.05) is 18.2 Å². The lowest BCUT2D eigenvalue weighted by molar-refractivity contribution is -0.138. The predicted octanol–water partition coefficient (Wildman–Crippen LogP) is 4.81. The predicted molar refractivity (Wildman–Crippen MR) is 158 cm³/mol. The number of carbonyl (C=O) groups is 2. The highest BCUT2D eigenvalue weighted by Gasteiger charge is 2.34. The van der Waals surface area contributed by atoms with E-state index in [0.29, 0.717) is 37.1 Å². The van der Waals surface area contributed by atoms with Gasteiger partial charge in [0, 0.05) is 23.6 Å². The molecule has 0 amide bonds. The molecule has 1 aliphatic rings. The molecule has 0 saturated carbocycles. The normalized spacial score (nSPS) is 14.7. The van der Waals surface area contributed by atoms with Gasteiger partial charge in [-0.3, -0.25) is 14.2 Å². The Morgan fingerprint density at radius 3 is 2.60 bits per heavy atom. The summed E-state index contributed by atoms with van der Waals surface area (Å²) < 4.78 is 23.9. The zero-order valence-electron chi connectivity index (χ0n) is 22.9. The molecule has 1 unspecified atom stereocenters. The Morgan fingerprint density at radius 1 is 1.14 bits per heavy atom. The maximum Gasteiger partial charge on any atom is 0.338 e. The minimum Gasteiger partial charge on any atom is -0.493 e. The third-order valence-electron chi connectivity index (χ3n) is 6.36. The van der Waals surface area contributed by atoms with Gasteiger partial charge in [-0.05, 0) is 61.0 Å². The molecule has 214 valence electrons. The van der Waals surface area contributed by atoms with Crippen molar-refractivity contribution in [2.75, 3.05) is 13.7 Å². The van der Waals surface area contributed by atoms with E-state index in [2.05, 4.69) is 11.6 Å². The average molecular weight is 605 g/mol. The fourth-order valence-corrected chi connectivity index (χ4v) is 5.69. The highest BCUT2D eigenvalue weighted by atomic mass is 35.5. The molecule has 0 aliphatic carbocycles. The lowest BCUT2D eigenvalue weighted by Gasteiger charge is -2.25. The largest absolute Gasteiger partial charge is 0.493 e. The summed E-state index contributed by atoms with van der Waals surface area (Å²) in [6.45, 7) is 6.55. The van der Waals surface area contributed by atoms with E-state index < -0.39 is 18.0 Å². The van der Waals surface area contributed by atoms with Crippen molar-refractivity contribution >= 4 is 41.0 Å². The molecule has 42 heavy (non-hydrogen) atoms. The number of ether oxygens (including phenoxy) is 3. The van der Waals surface area contributed by atoms with Crippen LogP contribution < -0.4 is 24.4 Å². The minimum absolute atomic E-state index is 0.0179. The van der Waals surface area contributed by atoms with E-state index in [0.717, 1.165) is 5.56 Å². The van der Waals surface area contributed by atoms with Crippen LogP contribution in [0, 0.1) is 0 Å². The smallest absolute Gasteiger partial charge is 0.338 e. The number of hydrogen-bond acceptors (Lipinski definition) is 9. The number of rotatable bonds is 8. The van der Waals surface area contributed by atoms with Gasteiger partial charge in [-0.15, -0.1) is 0 Å². The lowest BCUT2D eigenvalue weighted by atomic mass is 9.95. The van der Waals surface area contributed by atoms with Crippen LogP contribution in [0.15, 0.2) is 92.7 Å². The third kappa shape index (κ3) is 5.72. The van der Waals surface area contributed by atoms with Gasteiger partial charge < -0.3 is 18.6 Å². The first-order valence-corrected chi connectivity index (χ1v) is 13.9. The number of fused-ring (bicyclic) bond motifs is 1. The highest BCUT2D eigenvalue weighted by molar-refractivity contribution is 7.07. The van der Waals surface area contributed by atoms with Crippen LogP contribution in [0.2, 0.25) is 5.02 Å². The molecular weight excluding hydrogens is 580 g/mol. The van der Waals surface area contributed by atoms with Crippen LogP contribution in [0.3, 0.4) is 0 Å². The highest BCUT2D eigenvalue weighted by Crippen LogP contribution is 2.36. The Morgan fingerprint density at radius 2 is 1.90 bits per heavy atom. The van der Waals surface area contributed by atoms with Crippen LogP contribution in [0.25, 0.3) is 17.4 Å². The van der Waals surface area contributed by atoms with Crippen LogP contribution in [0.4, 0.5) is 0 Å². The van der Waals surface area contributed by atoms with E-state index >= 15 is 0 Å². The van der Waals surface area contributed by atoms with Crippen molar-refractivity contribution in [1.29, 1.82) is 0 Å². The molecule has 0 fully saturated rings. The molecule has 0 spiro atoms. The number of esters is 2. The van der Waals surface area contributed by atoms with Gasteiger partial charge in [0.05, 0.1) is 29.0 Å². The van der Waals surface area contributed by atoms with Gasteiger partial charge in [0.1, 0.15) is 18.1 Å². The van der Waals surface area contributed by atoms with Gasteiger partial charge in [-0.25, -0.2) is 9.79 Å². The zero-order valence-corrected chi connectivity index (χ0v) is 24.5. The van der Waals surface area contributed by atoms with Gasteiger partial charge >= 0.3 is 11.9 Å². The molecule has 0 N–H and O–H groups in total. The lowest BCUT2D eigenvalue weighted by Crippen LogP contribution is -2.40. The van der Waals surface area contributed by atoms with Gasteiger partial charge in [0.25, 0.3) is 5.56 Å². The maximum absolute atomic E-state index is 13.9. The van der Waals surface area contributed by atoms with Gasteiger partial charge in [0.15, 0.2) is 16.3 Å². The molecular formula is C31H25ClN2O7S. The van der Waals surface area contributed by atoms with E-state index in [1.165, 1.54) is 36.0 Å². The molecule has 0 saturated heterocycles. The summed E-state index contributed by atoms with van der Waals surface area (Å²) in [5.41, 5.74) is 1.56. The fourth-order valence-electron chi connectivity index (χ4n) is 4.53. The van der Waals surface area contributed by atoms with Crippen molar-refractivity contribution in [2.24, 2.45) is 4.99 Å². The van der Waals surface area contributed by atoms with E-state index in [9.17, 15) is 14.4 Å². The molecule has 1 atom stereocenters. The average Bonchev–Trinajstić information content (AvgIpc) is 3.55. The van der Waals surface area contributed by atoms with Crippen molar-refractivity contribution in [3.05, 3.63) is 115 Å². The van der Waals surface area contributed by atoms with Crippen molar-refractivity contribution in [3.8, 4) is 22.8 Å². The third-order valence-corrected chi connectivity index (χ3v) is 7.59. The van der Waals surface area contributed by atoms with Crippen LogP contribution in [-0.2, 0) is 14.3 Å². The van der Waals surface area contributed by atoms with Gasteiger partial charge in [-0.2, -0.15) is 0 Å². The number of nitrogens with zero attached hydrogens (tertiary/aromatic N) is 2. The van der Waals surface area contributed by atoms with Crippen molar-refractivity contribution in [1.82, 2.24) is 4.57 Å². The Kier molecular flexibility index (Phi) is 8.28. The topological polar surface area (TPSA) is 109 Å². The summed E-state index contributed by atoms with van der Waals surface area (Å²) in [5, 5.41) is 0.614. The summed E-state index contributed by atoms with van der Waals surface area (Å²) in [6.07, 6.45) is 3.09. The number of furan rings is 1. The molecule has 2 aromatic heterocycles. The molecule has 1 aliphatic heterocycles. The SMILES string of the molecule is C=CCOC(=O)C1=C(C)N=c2s/c(=C\c3ccc(-c4ccc(Cl)cc4)o3)c(=O)n2C1c1ccc(OC(C)=O)c(OC)c1. The summed E-state index contributed by atoms with van der Waals surface area (Å²) in [6, 6.07) is 14.7. The Labute approximate surface area is 249 Å². The number of allylic oxidation sites excluding steroid dienone is 1. The number of benzene rings is 2. The molecule has 5 rings (SSSR count). The fraction of sp³-hybridized carbons (Fsp3) is 0.161. The Hall–Kier alpha value is -4.67. The first-order valence-electron chi connectivity index (χ1n) is 12.7. The number of thiazole rings is 1. The number of hydrogen-bond donors (Lipinski definition) is 0. The first kappa shape index (κ1) is 28.8. The standard InChI is InChI=1S/C31H25ClN2O7S/c1-5-14-39-30(37)27-17(2)33-31-34(28(27)20-8-12-24(40-18(3)35)25(15-20)38-4)29(36)26(42-31)16-22-11-13-23(41-22)19-6-9-21(32)10-7-19/h5-13,15-16,28H,1,14H2,2-4H3/b26-16-. The molecule has 9 nitrogen and oxygen atoms in total. The number of methoxy groups -OCH3 is 1. The van der Waals surface area contributed by atoms with Crippen molar-refractivity contribution in [3.63, 3.8) is 0 Å². The minimum atomic E-state index is -0.901. The second-order valence-electron chi connectivity index (χ2n) is 9.18. The molecule has 0 radical (unpaired) electrons. The number of carbonyl (C=O) groups excluding carboxylic acids is 2. The van der Waals surface area contributed by atoms with Crippen LogP contribution in [0.5, 0.6) is 11.5 Å². The van der Waals surface area contributed by atoms with Crippen LogP contribution in [-0.4, -0.2) is 30.2 Å². The molecule has 2 aromatic carbocycles.